The third-order valence-corrected chi connectivity index (χ3v) is 10.3. The van der Waals surface area contributed by atoms with E-state index in [-0.39, 0.29) is 24.0 Å². The summed E-state index contributed by atoms with van der Waals surface area (Å²) in [6.45, 7) is 20.6. The van der Waals surface area contributed by atoms with Gasteiger partial charge >= 0.3 is 11.9 Å². The summed E-state index contributed by atoms with van der Waals surface area (Å²) in [4.78, 5) is 39.6. The van der Waals surface area contributed by atoms with E-state index >= 15 is 0 Å². The van der Waals surface area contributed by atoms with Crippen LogP contribution in [-0.2, 0) is 19.3 Å². The lowest BCUT2D eigenvalue weighted by Crippen LogP contribution is -2.64. The second-order valence-corrected chi connectivity index (χ2v) is 16.2. The van der Waals surface area contributed by atoms with Gasteiger partial charge in [0, 0.05) is 22.2 Å². The van der Waals surface area contributed by atoms with Crippen LogP contribution in [0.15, 0.2) is 60.7 Å². The zero-order valence-electron chi connectivity index (χ0n) is 29.5. The van der Waals surface area contributed by atoms with E-state index in [4.69, 9.17) is 9.68 Å². The number of aliphatic carboxylic acids is 2. The van der Waals surface area contributed by atoms with Crippen LogP contribution in [0.5, 0.6) is 0 Å². The van der Waals surface area contributed by atoms with Crippen molar-refractivity contribution < 1.29 is 29.5 Å². The van der Waals surface area contributed by atoms with Gasteiger partial charge in [-0.2, -0.15) is 10.1 Å². The molecule has 4 rings (SSSR count). The van der Waals surface area contributed by atoms with E-state index in [0.29, 0.717) is 25.7 Å². The number of piperidine rings is 2. The molecule has 2 aliphatic rings. The Balaban J connectivity index is 1.59. The van der Waals surface area contributed by atoms with Gasteiger partial charge in [-0.05, 0) is 118 Å². The van der Waals surface area contributed by atoms with Crippen LogP contribution in [0.1, 0.15) is 118 Å². The van der Waals surface area contributed by atoms with Gasteiger partial charge in [0.05, 0.1) is 11.8 Å². The molecule has 2 aromatic rings. The van der Waals surface area contributed by atoms with Crippen molar-refractivity contribution in [1.29, 1.82) is 0 Å². The Morgan fingerprint density at radius 1 is 0.587 bits per heavy atom. The highest BCUT2D eigenvalue weighted by Gasteiger charge is 2.57. The summed E-state index contributed by atoms with van der Waals surface area (Å²) in [7, 11) is 0. The fourth-order valence-electron chi connectivity index (χ4n) is 8.94. The van der Waals surface area contributed by atoms with Crippen molar-refractivity contribution in [1.82, 2.24) is 10.1 Å². The lowest BCUT2D eigenvalue weighted by Gasteiger charge is -2.57. The van der Waals surface area contributed by atoms with Crippen LogP contribution in [0.4, 0.5) is 0 Å². The van der Waals surface area contributed by atoms with Crippen LogP contribution < -0.4 is 0 Å². The fraction of sp³-hybridized carbons (Fsp3) is 0.632. The zero-order valence-corrected chi connectivity index (χ0v) is 29.5. The van der Waals surface area contributed by atoms with Gasteiger partial charge in [-0.25, -0.2) is 0 Å². The number of benzene rings is 2. The number of rotatable bonds is 11. The molecule has 4 atom stereocenters. The molecule has 0 spiro atoms. The van der Waals surface area contributed by atoms with E-state index < -0.39 is 45.9 Å². The third kappa shape index (κ3) is 7.67. The Kier molecular flexibility index (Phi) is 10.5. The Morgan fingerprint density at radius 2 is 0.848 bits per heavy atom. The van der Waals surface area contributed by atoms with Crippen molar-refractivity contribution >= 4 is 11.9 Å². The minimum absolute atomic E-state index is 0.195. The molecule has 8 heteroatoms. The summed E-state index contributed by atoms with van der Waals surface area (Å²) in [6, 6.07) is 20.1. The molecular formula is C38H56N2O6. The second kappa shape index (κ2) is 13.4. The second-order valence-electron chi connectivity index (χ2n) is 16.2. The van der Waals surface area contributed by atoms with Gasteiger partial charge in [0.1, 0.15) is 12.2 Å². The van der Waals surface area contributed by atoms with Crippen LogP contribution in [0.25, 0.3) is 0 Å². The zero-order chi connectivity index (χ0) is 34.2. The van der Waals surface area contributed by atoms with Crippen molar-refractivity contribution in [3.05, 3.63) is 71.8 Å². The van der Waals surface area contributed by atoms with E-state index in [1.807, 2.05) is 84.6 Å². The van der Waals surface area contributed by atoms with Gasteiger partial charge < -0.3 is 10.2 Å². The van der Waals surface area contributed by atoms with Gasteiger partial charge in [0.2, 0.25) is 0 Å². The topological polar surface area (TPSA) is 99.5 Å². The molecule has 0 amide bonds. The molecule has 0 saturated carbocycles. The summed E-state index contributed by atoms with van der Waals surface area (Å²) in [5, 5.41) is 25.6. The summed E-state index contributed by atoms with van der Waals surface area (Å²) in [5.41, 5.74) is -0.00978. The summed E-state index contributed by atoms with van der Waals surface area (Å²) in [5.74, 6) is -4.87. The van der Waals surface area contributed by atoms with Crippen LogP contribution in [-0.4, -0.2) is 54.4 Å². The molecule has 2 aromatic carbocycles. The maximum Gasteiger partial charge on any atom is 0.307 e. The highest BCUT2D eigenvalue weighted by atomic mass is 16.7. The van der Waals surface area contributed by atoms with E-state index in [9.17, 15) is 19.8 Å². The predicted octanol–water partition coefficient (Wildman–Crippen LogP) is 8.31. The van der Waals surface area contributed by atoms with Gasteiger partial charge in [-0.1, -0.05) is 60.7 Å². The predicted molar refractivity (Wildman–Crippen MR) is 180 cm³/mol. The molecule has 0 aliphatic carbocycles. The Hall–Kier alpha value is -2.78. The first-order valence-electron chi connectivity index (χ1n) is 16.8. The van der Waals surface area contributed by atoms with Crippen molar-refractivity contribution in [2.75, 3.05) is 0 Å². The standard InChI is InChI=1S/C38H56N2O6/c1-25(27-17-13-11-14-18-27)45-39-35(3,4)21-29(22-36(39,5)6)31(33(41)42)32(34(43)44)30-23-37(7,8)40(38(9,10)24-30)46-26(2)28-19-15-12-16-20-28/h11-20,25-26,29-32H,21-24H2,1-10H3,(H,41,42)(H,43,44). The van der Waals surface area contributed by atoms with Gasteiger partial charge in [-0.15, -0.1) is 0 Å². The fourth-order valence-corrected chi connectivity index (χ4v) is 8.94. The van der Waals surface area contributed by atoms with Crippen molar-refractivity contribution in [3.8, 4) is 0 Å². The summed E-state index contributed by atoms with van der Waals surface area (Å²) < 4.78 is 0. The number of carboxylic acids is 2. The first-order valence-corrected chi connectivity index (χ1v) is 16.8. The third-order valence-electron chi connectivity index (χ3n) is 10.3. The van der Waals surface area contributed by atoms with E-state index in [1.54, 1.807) is 0 Å². The normalized spacial score (nSPS) is 24.5. The van der Waals surface area contributed by atoms with Crippen LogP contribution in [0.2, 0.25) is 0 Å². The van der Waals surface area contributed by atoms with Crippen molar-refractivity contribution in [2.24, 2.45) is 23.7 Å². The number of carbonyl (C=O) groups is 2. The molecule has 8 nitrogen and oxygen atoms in total. The number of hydroxylamine groups is 4. The first kappa shape index (κ1) is 36.1. The number of carboxylic acid groups (broad SMARTS) is 2. The van der Waals surface area contributed by atoms with Crippen molar-refractivity contribution in [2.45, 2.75) is 129 Å². The smallest absolute Gasteiger partial charge is 0.307 e. The minimum atomic E-state index is -1.04. The van der Waals surface area contributed by atoms with Crippen LogP contribution in [0.3, 0.4) is 0 Å². The molecule has 46 heavy (non-hydrogen) atoms. The Morgan fingerprint density at radius 3 is 1.09 bits per heavy atom. The summed E-state index contributed by atoms with van der Waals surface area (Å²) >= 11 is 0. The molecule has 254 valence electrons. The molecule has 2 N–H and O–H groups in total. The Bertz CT molecular complexity index is 1200. The van der Waals surface area contributed by atoms with Gasteiger partial charge in [0.25, 0.3) is 0 Å². The molecule has 0 aromatic heterocycles. The maximum absolute atomic E-state index is 13.2. The lowest BCUT2D eigenvalue weighted by molar-refractivity contribution is -0.316. The molecule has 2 saturated heterocycles. The first-order chi connectivity index (χ1) is 21.3. The number of hydrogen-bond donors (Lipinski definition) is 2. The molecule has 2 heterocycles. The average Bonchev–Trinajstić information content (AvgIpc) is 2.94. The van der Waals surface area contributed by atoms with E-state index in [2.05, 4.69) is 55.4 Å². The maximum atomic E-state index is 13.2. The number of hydrogen-bond acceptors (Lipinski definition) is 6. The highest BCUT2D eigenvalue weighted by Crippen LogP contribution is 2.52. The molecule has 2 aliphatic heterocycles. The quantitative estimate of drug-likeness (QED) is 0.254. The SMILES string of the molecule is CC(ON1C(C)(C)CC(C(C(=O)O)C(C(=O)O)C2CC(C)(C)N(OC(C)c3ccccc3)C(C)(C)C2)CC1(C)C)c1ccccc1. The highest BCUT2D eigenvalue weighted by molar-refractivity contribution is 5.80. The van der Waals surface area contributed by atoms with Gasteiger partial charge in [-0.3, -0.25) is 19.3 Å². The van der Waals surface area contributed by atoms with E-state index in [1.165, 1.54) is 0 Å². The van der Waals surface area contributed by atoms with Crippen LogP contribution in [0, 0.1) is 23.7 Å². The monoisotopic (exact) mass is 636 g/mol. The Labute approximate surface area is 276 Å². The summed E-state index contributed by atoms with van der Waals surface area (Å²) in [6.07, 6.45) is 1.62. The van der Waals surface area contributed by atoms with Gasteiger partial charge in [0.15, 0.2) is 0 Å². The molecule has 2 fully saturated rings. The molecule has 0 bridgehead atoms. The molecule has 4 unspecified atom stereocenters. The van der Waals surface area contributed by atoms with Crippen LogP contribution >= 0.6 is 0 Å². The minimum Gasteiger partial charge on any atom is -0.481 e. The van der Waals surface area contributed by atoms with Crippen molar-refractivity contribution in [3.63, 3.8) is 0 Å². The average molecular weight is 637 g/mol. The molecular weight excluding hydrogens is 580 g/mol. The largest absolute Gasteiger partial charge is 0.481 e. The van der Waals surface area contributed by atoms with E-state index in [0.717, 1.165) is 11.1 Å². The lowest BCUT2D eigenvalue weighted by atomic mass is 9.61. The number of nitrogens with zero attached hydrogens (tertiary/aromatic N) is 2. The molecule has 0 radical (unpaired) electrons.